The fourth-order valence-corrected chi connectivity index (χ4v) is 1.59. The molecule has 0 spiro atoms. The third-order valence-corrected chi connectivity index (χ3v) is 2.44. The highest BCUT2D eigenvalue weighted by molar-refractivity contribution is 5.26. The zero-order chi connectivity index (χ0) is 9.68. The number of rotatable bonds is 2. The van der Waals surface area contributed by atoms with Crippen molar-refractivity contribution in [3.05, 3.63) is 11.3 Å². The first kappa shape index (κ1) is 10.1. The van der Waals surface area contributed by atoms with Gasteiger partial charge in [-0.25, -0.2) is 0 Å². The second-order valence-electron chi connectivity index (χ2n) is 3.61. The zero-order valence-corrected chi connectivity index (χ0v) is 8.21. The molecule has 1 heterocycles. The highest BCUT2D eigenvalue weighted by Gasteiger charge is 2.12. The Morgan fingerprint density at radius 1 is 1.38 bits per heavy atom. The minimum Gasteiger partial charge on any atom is -0.401 e. The number of allylic oxidation sites excluding steroid dienone is 1. The molecule has 72 valence electrons. The van der Waals surface area contributed by atoms with E-state index < -0.39 is 0 Å². The number of piperidine rings is 1. The smallest absolute Gasteiger partial charge is 0.0978 e. The number of hydrogen-bond donors (Lipinski definition) is 1. The lowest BCUT2D eigenvalue weighted by Crippen LogP contribution is -2.31. The lowest BCUT2D eigenvalue weighted by molar-refractivity contribution is 0.248. The normalized spacial score (nSPS) is 20.6. The monoisotopic (exact) mass is 179 g/mol. The van der Waals surface area contributed by atoms with E-state index in [1.807, 2.05) is 0 Å². The van der Waals surface area contributed by atoms with Crippen molar-refractivity contribution in [2.24, 2.45) is 5.73 Å². The second-order valence-corrected chi connectivity index (χ2v) is 3.61. The van der Waals surface area contributed by atoms with Crippen LogP contribution in [0.1, 0.15) is 26.2 Å². The molecule has 1 rings (SSSR count). The third kappa shape index (κ3) is 3.08. The molecule has 1 aliphatic rings. The summed E-state index contributed by atoms with van der Waals surface area (Å²) in [5.74, 6) is 0. The van der Waals surface area contributed by atoms with E-state index in [1.54, 1.807) is 6.92 Å². The summed E-state index contributed by atoms with van der Waals surface area (Å²) in [4.78, 5) is 2.30. The van der Waals surface area contributed by atoms with Gasteiger partial charge in [0.05, 0.1) is 11.6 Å². The van der Waals surface area contributed by atoms with Crippen LogP contribution < -0.4 is 5.73 Å². The molecule has 0 radical (unpaired) electrons. The van der Waals surface area contributed by atoms with Crippen molar-refractivity contribution < 1.29 is 0 Å². The van der Waals surface area contributed by atoms with Crippen molar-refractivity contribution in [1.82, 2.24) is 4.90 Å². The second kappa shape index (κ2) is 4.88. The van der Waals surface area contributed by atoms with Crippen LogP contribution in [-0.4, -0.2) is 24.5 Å². The van der Waals surface area contributed by atoms with Crippen molar-refractivity contribution in [2.75, 3.05) is 19.6 Å². The molecule has 2 N–H and O–H groups in total. The Kier molecular flexibility index (Phi) is 3.78. The van der Waals surface area contributed by atoms with Crippen LogP contribution in [0.5, 0.6) is 0 Å². The Morgan fingerprint density at radius 3 is 2.46 bits per heavy atom. The molecule has 0 aliphatic carbocycles. The van der Waals surface area contributed by atoms with Gasteiger partial charge in [0, 0.05) is 12.2 Å². The van der Waals surface area contributed by atoms with Crippen LogP contribution in [-0.2, 0) is 0 Å². The van der Waals surface area contributed by atoms with E-state index in [2.05, 4.69) is 11.0 Å². The van der Waals surface area contributed by atoms with Crippen molar-refractivity contribution in [3.8, 4) is 6.07 Å². The molecule has 3 nitrogen and oxygen atoms in total. The van der Waals surface area contributed by atoms with Crippen LogP contribution >= 0.6 is 0 Å². The summed E-state index contributed by atoms with van der Waals surface area (Å²) in [7, 11) is 0. The highest BCUT2D eigenvalue weighted by atomic mass is 15.1. The first-order chi connectivity index (χ1) is 6.24. The van der Waals surface area contributed by atoms with Crippen LogP contribution in [0.2, 0.25) is 0 Å². The summed E-state index contributed by atoms with van der Waals surface area (Å²) in [5.41, 5.74) is 6.98. The summed E-state index contributed by atoms with van der Waals surface area (Å²) < 4.78 is 0. The molecule has 0 bridgehead atoms. The first-order valence-corrected chi connectivity index (χ1v) is 4.81. The molecule has 0 atom stereocenters. The van der Waals surface area contributed by atoms with Gasteiger partial charge in [-0.05, 0) is 32.9 Å². The summed E-state index contributed by atoms with van der Waals surface area (Å²) in [6.07, 6.45) is 3.83. The minimum absolute atomic E-state index is 0.660. The largest absolute Gasteiger partial charge is 0.401 e. The SMILES string of the molecule is C/C(N)=C(\C#N)CN1CCCCC1. The standard InChI is InChI=1S/C10H17N3/c1-9(12)10(7-11)8-13-5-3-2-4-6-13/h2-6,8,12H2,1H3/b10-9-. The van der Waals surface area contributed by atoms with E-state index in [0.717, 1.165) is 25.2 Å². The molecule has 1 fully saturated rings. The van der Waals surface area contributed by atoms with E-state index in [0.29, 0.717) is 5.70 Å². The van der Waals surface area contributed by atoms with E-state index in [9.17, 15) is 0 Å². The van der Waals surface area contributed by atoms with Crippen LogP contribution in [0.3, 0.4) is 0 Å². The molecule has 1 saturated heterocycles. The predicted octanol–water partition coefficient (Wildman–Crippen LogP) is 1.23. The number of nitrogens with zero attached hydrogens (tertiary/aromatic N) is 2. The molecule has 3 heteroatoms. The lowest BCUT2D eigenvalue weighted by Gasteiger charge is -2.26. The fourth-order valence-electron chi connectivity index (χ4n) is 1.59. The zero-order valence-electron chi connectivity index (χ0n) is 8.21. The van der Waals surface area contributed by atoms with Crippen LogP contribution in [0, 0.1) is 11.3 Å². The van der Waals surface area contributed by atoms with Crippen molar-refractivity contribution in [3.63, 3.8) is 0 Å². The molecule has 13 heavy (non-hydrogen) atoms. The molecule has 0 aromatic carbocycles. The van der Waals surface area contributed by atoms with Gasteiger partial charge in [-0.15, -0.1) is 0 Å². The number of likely N-dealkylation sites (tertiary alicyclic amines) is 1. The summed E-state index contributed by atoms with van der Waals surface area (Å²) in [6, 6.07) is 2.16. The van der Waals surface area contributed by atoms with Gasteiger partial charge in [-0.1, -0.05) is 6.42 Å². The van der Waals surface area contributed by atoms with Gasteiger partial charge >= 0.3 is 0 Å². The maximum atomic E-state index is 8.81. The maximum Gasteiger partial charge on any atom is 0.0978 e. The molecule has 0 saturated carbocycles. The average Bonchev–Trinajstić information content (AvgIpc) is 2.15. The number of nitrogens with two attached hydrogens (primary N) is 1. The van der Waals surface area contributed by atoms with Gasteiger partial charge in [0.25, 0.3) is 0 Å². The molecule has 0 aromatic rings. The van der Waals surface area contributed by atoms with E-state index >= 15 is 0 Å². The van der Waals surface area contributed by atoms with Gasteiger partial charge in [0.15, 0.2) is 0 Å². The third-order valence-electron chi connectivity index (χ3n) is 2.44. The van der Waals surface area contributed by atoms with Crippen molar-refractivity contribution >= 4 is 0 Å². The first-order valence-electron chi connectivity index (χ1n) is 4.81. The van der Waals surface area contributed by atoms with Gasteiger partial charge in [0.2, 0.25) is 0 Å². The van der Waals surface area contributed by atoms with Gasteiger partial charge in [0.1, 0.15) is 0 Å². The lowest BCUT2D eigenvalue weighted by atomic mass is 10.1. The van der Waals surface area contributed by atoms with E-state index in [4.69, 9.17) is 11.0 Å². The van der Waals surface area contributed by atoms with Gasteiger partial charge < -0.3 is 5.73 Å². The van der Waals surface area contributed by atoms with Crippen LogP contribution in [0.4, 0.5) is 0 Å². The Bertz CT molecular complexity index is 227. The molecular weight excluding hydrogens is 162 g/mol. The fraction of sp³-hybridized carbons (Fsp3) is 0.700. The van der Waals surface area contributed by atoms with Crippen LogP contribution in [0.25, 0.3) is 0 Å². The Morgan fingerprint density at radius 2 is 2.00 bits per heavy atom. The van der Waals surface area contributed by atoms with Gasteiger partial charge in [-0.2, -0.15) is 5.26 Å². The number of hydrogen-bond acceptors (Lipinski definition) is 3. The maximum absolute atomic E-state index is 8.81. The molecule has 0 unspecified atom stereocenters. The predicted molar refractivity (Wildman–Crippen MR) is 52.8 cm³/mol. The van der Waals surface area contributed by atoms with Crippen molar-refractivity contribution in [1.29, 1.82) is 5.26 Å². The molecule has 1 aliphatic heterocycles. The van der Waals surface area contributed by atoms with Crippen molar-refractivity contribution in [2.45, 2.75) is 26.2 Å². The molecule has 0 aromatic heterocycles. The quantitative estimate of drug-likeness (QED) is 0.649. The topological polar surface area (TPSA) is 53.1 Å². The summed E-state index contributed by atoms with van der Waals surface area (Å²) in [5, 5.41) is 8.81. The van der Waals surface area contributed by atoms with E-state index in [-0.39, 0.29) is 0 Å². The summed E-state index contributed by atoms with van der Waals surface area (Å²) in [6.45, 7) is 4.75. The number of nitriles is 1. The average molecular weight is 179 g/mol. The summed E-state index contributed by atoms with van der Waals surface area (Å²) >= 11 is 0. The Balaban J connectivity index is 2.47. The van der Waals surface area contributed by atoms with E-state index in [1.165, 1.54) is 19.3 Å². The highest BCUT2D eigenvalue weighted by Crippen LogP contribution is 2.11. The molecular formula is C10H17N3. The Hall–Kier alpha value is -1.01. The molecule has 0 amide bonds. The van der Waals surface area contributed by atoms with Gasteiger partial charge in [-0.3, -0.25) is 4.90 Å². The minimum atomic E-state index is 0.660. The Labute approximate surface area is 79.8 Å². The van der Waals surface area contributed by atoms with Crippen LogP contribution in [0.15, 0.2) is 11.3 Å².